The normalized spacial score (nSPS) is 11.6. The highest BCUT2D eigenvalue weighted by Crippen LogP contribution is 2.30. The van der Waals surface area contributed by atoms with E-state index in [-0.39, 0.29) is 6.54 Å². The summed E-state index contributed by atoms with van der Waals surface area (Å²) < 4.78 is 43.4. The topological polar surface area (TPSA) is 63.8 Å². The van der Waals surface area contributed by atoms with E-state index in [1.54, 1.807) is 19.1 Å². The third kappa shape index (κ3) is 3.78. The average molecular weight is 348 g/mol. The Bertz CT molecular complexity index is 870. The Kier molecular flexibility index (Phi) is 4.43. The molecule has 0 amide bonds. The zero-order valence-corrected chi connectivity index (χ0v) is 13.6. The quantitative estimate of drug-likeness (QED) is 0.758. The van der Waals surface area contributed by atoms with Crippen LogP contribution in [0.25, 0.3) is 11.3 Å². The Morgan fingerprint density at radius 2 is 1.92 bits per heavy atom. The molecule has 0 fully saturated rings. The van der Waals surface area contributed by atoms with Gasteiger partial charge in [0.05, 0.1) is 22.5 Å². The highest BCUT2D eigenvalue weighted by Gasteiger charge is 2.30. The second-order valence-electron chi connectivity index (χ2n) is 5.54. The first kappa shape index (κ1) is 16.9. The van der Waals surface area contributed by atoms with Crippen molar-refractivity contribution in [1.29, 1.82) is 0 Å². The summed E-state index contributed by atoms with van der Waals surface area (Å²) in [5.41, 5.74) is 1.96. The van der Waals surface area contributed by atoms with Gasteiger partial charge in [-0.2, -0.15) is 13.2 Å². The first-order chi connectivity index (χ1) is 11.8. The lowest BCUT2D eigenvalue weighted by atomic mass is 10.1. The number of aryl methyl sites for hydroxylation is 2. The van der Waals surface area contributed by atoms with Gasteiger partial charge in [-0.1, -0.05) is 17.3 Å². The molecule has 0 spiro atoms. The number of hydrogen-bond donors (Lipinski definition) is 1. The van der Waals surface area contributed by atoms with Crippen LogP contribution in [0.3, 0.4) is 0 Å². The smallest absolute Gasteiger partial charge is 0.366 e. The minimum absolute atomic E-state index is 0.210. The lowest BCUT2D eigenvalue weighted by Crippen LogP contribution is -2.07. The van der Waals surface area contributed by atoms with Gasteiger partial charge in [-0.15, -0.1) is 0 Å². The Hall–Kier alpha value is -2.90. The molecule has 2 aromatic heterocycles. The molecule has 0 unspecified atom stereocenters. The van der Waals surface area contributed by atoms with Gasteiger partial charge in [0.25, 0.3) is 0 Å². The number of aromatic nitrogens is 3. The fourth-order valence-electron chi connectivity index (χ4n) is 2.49. The second-order valence-corrected chi connectivity index (χ2v) is 5.54. The van der Waals surface area contributed by atoms with Gasteiger partial charge in [-0.05, 0) is 31.5 Å². The van der Waals surface area contributed by atoms with E-state index in [2.05, 4.69) is 20.4 Å². The van der Waals surface area contributed by atoms with E-state index < -0.39 is 11.7 Å². The van der Waals surface area contributed by atoms with Crippen LogP contribution in [0.5, 0.6) is 0 Å². The Labute approximate surface area is 141 Å². The largest absolute Gasteiger partial charge is 0.416 e. The summed E-state index contributed by atoms with van der Waals surface area (Å²) >= 11 is 0. The van der Waals surface area contributed by atoms with Gasteiger partial charge in [0.2, 0.25) is 0 Å². The van der Waals surface area contributed by atoms with Crippen molar-refractivity contribution >= 4 is 5.82 Å². The average Bonchev–Trinajstić information content (AvgIpc) is 2.91. The summed E-state index contributed by atoms with van der Waals surface area (Å²) in [5, 5.41) is 6.90. The Morgan fingerprint density at radius 1 is 1.12 bits per heavy atom. The van der Waals surface area contributed by atoms with Crippen LogP contribution in [0, 0.1) is 13.8 Å². The molecule has 0 atom stereocenters. The number of alkyl halides is 3. The third-order valence-corrected chi connectivity index (χ3v) is 3.68. The van der Waals surface area contributed by atoms with Gasteiger partial charge < -0.3 is 9.84 Å². The lowest BCUT2D eigenvalue weighted by molar-refractivity contribution is -0.137. The summed E-state index contributed by atoms with van der Waals surface area (Å²) in [5.74, 6) is 1.14. The van der Waals surface area contributed by atoms with Crippen LogP contribution in [0.2, 0.25) is 0 Å². The van der Waals surface area contributed by atoms with Crippen LogP contribution < -0.4 is 5.32 Å². The number of benzene rings is 1. The minimum Gasteiger partial charge on any atom is -0.366 e. The fraction of sp³-hybridized carbons (Fsp3) is 0.235. The van der Waals surface area contributed by atoms with Crippen molar-refractivity contribution in [2.45, 2.75) is 26.6 Å². The molecule has 0 saturated heterocycles. The van der Waals surface area contributed by atoms with Gasteiger partial charge in [-0.3, -0.25) is 0 Å². The molecule has 130 valence electrons. The molecule has 3 rings (SSSR count). The second kappa shape index (κ2) is 6.54. The molecule has 1 N–H and O–H groups in total. The molecule has 0 radical (unpaired) electrons. The van der Waals surface area contributed by atoms with Gasteiger partial charge in [0.1, 0.15) is 17.9 Å². The number of anilines is 1. The van der Waals surface area contributed by atoms with E-state index in [0.29, 0.717) is 28.5 Å². The number of hydrogen-bond acceptors (Lipinski definition) is 5. The maximum atomic E-state index is 12.8. The van der Waals surface area contributed by atoms with Crippen molar-refractivity contribution in [3.8, 4) is 11.3 Å². The van der Waals surface area contributed by atoms with E-state index in [1.165, 1.54) is 12.4 Å². The Morgan fingerprint density at radius 3 is 2.60 bits per heavy atom. The van der Waals surface area contributed by atoms with Gasteiger partial charge in [0.15, 0.2) is 0 Å². The molecule has 0 aliphatic rings. The van der Waals surface area contributed by atoms with Crippen molar-refractivity contribution in [1.82, 2.24) is 15.1 Å². The van der Waals surface area contributed by atoms with Crippen molar-refractivity contribution in [3.05, 3.63) is 59.2 Å². The highest BCUT2D eigenvalue weighted by atomic mass is 19.4. The van der Waals surface area contributed by atoms with Crippen LogP contribution in [-0.4, -0.2) is 15.1 Å². The monoisotopic (exact) mass is 348 g/mol. The predicted octanol–water partition coefficient (Wildman–Crippen LogP) is 4.38. The minimum atomic E-state index is -4.36. The number of nitrogens with one attached hydrogen (secondary N) is 1. The van der Waals surface area contributed by atoms with E-state index in [4.69, 9.17) is 4.52 Å². The Balaban J connectivity index is 1.78. The van der Waals surface area contributed by atoms with Crippen LogP contribution in [0.1, 0.15) is 22.6 Å². The summed E-state index contributed by atoms with van der Waals surface area (Å²) in [7, 11) is 0. The molecule has 0 aliphatic heterocycles. The predicted molar refractivity (Wildman–Crippen MR) is 85.8 cm³/mol. The summed E-state index contributed by atoms with van der Waals surface area (Å²) in [6.07, 6.45) is -2.98. The van der Waals surface area contributed by atoms with Crippen LogP contribution in [0.4, 0.5) is 19.0 Å². The van der Waals surface area contributed by atoms with Crippen molar-refractivity contribution in [2.75, 3.05) is 5.32 Å². The molecule has 0 saturated carbocycles. The standard InChI is InChI=1S/C17H15F3N4O/c1-10-16(11(2)25-24-10)14-7-15(23-9-22-14)21-8-12-4-3-5-13(6-12)17(18,19)20/h3-7,9H,8H2,1-2H3,(H,21,22,23). The maximum absolute atomic E-state index is 12.8. The molecule has 0 bridgehead atoms. The summed E-state index contributed by atoms with van der Waals surface area (Å²) in [4.78, 5) is 8.30. The molecule has 5 nitrogen and oxygen atoms in total. The summed E-state index contributed by atoms with van der Waals surface area (Å²) in [6, 6.07) is 6.88. The number of halogens is 3. The zero-order valence-electron chi connectivity index (χ0n) is 13.6. The van der Waals surface area contributed by atoms with Crippen LogP contribution >= 0.6 is 0 Å². The molecule has 3 aromatic rings. The first-order valence-corrected chi connectivity index (χ1v) is 7.50. The van der Waals surface area contributed by atoms with Crippen molar-refractivity contribution in [2.24, 2.45) is 0 Å². The number of nitrogens with zero attached hydrogens (tertiary/aromatic N) is 3. The summed E-state index contributed by atoms with van der Waals surface area (Å²) in [6.45, 7) is 3.80. The SMILES string of the molecule is Cc1noc(C)c1-c1cc(NCc2cccc(C(F)(F)F)c2)ncn1. The van der Waals surface area contributed by atoms with Crippen LogP contribution in [0.15, 0.2) is 41.2 Å². The van der Waals surface area contributed by atoms with Gasteiger partial charge >= 0.3 is 6.18 Å². The van der Waals surface area contributed by atoms with E-state index in [0.717, 1.165) is 17.7 Å². The van der Waals surface area contributed by atoms with Crippen molar-refractivity contribution < 1.29 is 17.7 Å². The van der Waals surface area contributed by atoms with Gasteiger partial charge in [0, 0.05) is 12.6 Å². The van der Waals surface area contributed by atoms with Crippen LogP contribution in [-0.2, 0) is 12.7 Å². The molecule has 2 heterocycles. The van der Waals surface area contributed by atoms with Crippen molar-refractivity contribution in [3.63, 3.8) is 0 Å². The highest BCUT2D eigenvalue weighted by molar-refractivity contribution is 5.66. The molecular weight excluding hydrogens is 333 g/mol. The number of rotatable bonds is 4. The van der Waals surface area contributed by atoms with E-state index >= 15 is 0 Å². The molecule has 25 heavy (non-hydrogen) atoms. The first-order valence-electron chi connectivity index (χ1n) is 7.50. The fourth-order valence-corrected chi connectivity index (χ4v) is 2.49. The maximum Gasteiger partial charge on any atom is 0.416 e. The van der Waals surface area contributed by atoms with Gasteiger partial charge in [-0.25, -0.2) is 9.97 Å². The molecule has 0 aliphatic carbocycles. The molecule has 8 heteroatoms. The lowest BCUT2D eigenvalue weighted by Gasteiger charge is -2.10. The van der Waals surface area contributed by atoms with E-state index in [9.17, 15) is 13.2 Å². The molecule has 1 aromatic carbocycles. The van der Waals surface area contributed by atoms with E-state index in [1.807, 2.05) is 6.92 Å². The third-order valence-electron chi connectivity index (χ3n) is 3.68. The zero-order chi connectivity index (χ0) is 18.0. The molecular formula is C17H15F3N4O.